The maximum atomic E-state index is 13.7. The molecule has 25 heavy (non-hydrogen) atoms. The van der Waals surface area contributed by atoms with Gasteiger partial charge >= 0.3 is 0 Å². The van der Waals surface area contributed by atoms with Gasteiger partial charge in [0.1, 0.15) is 5.65 Å². The van der Waals surface area contributed by atoms with Crippen LogP contribution in [-0.2, 0) is 0 Å². The van der Waals surface area contributed by atoms with Crippen LogP contribution in [0.15, 0.2) is 23.0 Å². The minimum atomic E-state index is -2.78. The van der Waals surface area contributed by atoms with E-state index in [1.807, 2.05) is 32.9 Å². The molecule has 3 aromatic heterocycles. The molecule has 132 valence electrons. The lowest BCUT2D eigenvalue weighted by molar-refractivity contribution is 0.153. The van der Waals surface area contributed by atoms with Crippen LogP contribution in [0.3, 0.4) is 0 Å². The third-order valence-corrected chi connectivity index (χ3v) is 5.51. The van der Waals surface area contributed by atoms with Crippen molar-refractivity contribution in [2.75, 3.05) is 0 Å². The molecule has 1 unspecified atom stereocenters. The fraction of sp³-hybridized carbons (Fsp3) is 0.353. The van der Waals surface area contributed by atoms with E-state index in [0.717, 1.165) is 16.2 Å². The van der Waals surface area contributed by atoms with Gasteiger partial charge in [-0.25, -0.2) is 13.8 Å². The fourth-order valence-electron chi connectivity index (χ4n) is 2.74. The Labute approximate surface area is 152 Å². The molecule has 3 aromatic rings. The third-order valence-electron chi connectivity index (χ3n) is 4.18. The second-order valence-electron chi connectivity index (χ2n) is 5.89. The summed E-state index contributed by atoms with van der Waals surface area (Å²) < 4.78 is 29.2. The monoisotopic (exact) mass is 381 g/mol. The van der Waals surface area contributed by atoms with E-state index >= 15 is 0 Å². The quantitative estimate of drug-likeness (QED) is 0.616. The molecule has 0 aromatic carbocycles. The third kappa shape index (κ3) is 3.16. The molecule has 0 radical (unpaired) electrons. The van der Waals surface area contributed by atoms with E-state index in [1.54, 1.807) is 4.57 Å². The van der Waals surface area contributed by atoms with Gasteiger partial charge in [0.2, 0.25) is 0 Å². The van der Waals surface area contributed by atoms with E-state index in [4.69, 9.17) is 12.2 Å². The number of halogens is 2. The largest absolute Gasteiger partial charge is 0.300 e. The van der Waals surface area contributed by atoms with E-state index in [2.05, 4.69) is 9.97 Å². The topological polar surface area (TPSA) is 50.7 Å². The second-order valence-corrected chi connectivity index (χ2v) is 7.57. The Hall–Kier alpha value is -1.93. The predicted octanol–water partition coefficient (Wildman–Crippen LogP) is 5.40. The Kier molecular flexibility index (Phi) is 4.83. The first kappa shape index (κ1) is 17.9. The van der Waals surface area contributed by atoms with Gasteiger partial charge in [0, 0.05) is 16.5 Å². The summed E-state index contributed by atoms with van der Waals surface area (Å²) in [5, 5.41) is -0.0964. The Morgan fingerprint density at radius 2 is 2.12 bits per heavy atom. The number of hydrogen-bond donors (Lipinski definition) is 1. The molecule has 8 heteroatoms. The minimum Gasteiger partial charge on any atom is -0.300 e. The van der Waals surface area contributed by atoms with E-state index in [-0.39, 0.29) is 27.4 Å². The number of thiophene rings is 1. The molecular formula is C17H17F2N3OS2. The standard InChI is InChI=1S/C17H17F2N3OS2/c1-4-8(2)22-15-13(16(23)21-17(22)24)10(14(18)19)7-11(20-15)12-6-5-9(3)25-12/h5-8,14H,4H2,1-3H3,(H,21,23,24). The van der Waals surface area contributed by atoms with Crippen LogP contribution in [0.1, 0.15) is 43.2 Å². The van der Waals surface area contributed by atoms with Crippen LogP contribution in [0.5, 0.6) is 0 Å². The molecular weight excluding hydrogens is 364 g/mol. The van der Waals surface area contributed by atoms with Gasteiger partial charge in [0.25, 0.3) is 12.0 Å². The van der Waals surface area contributed by atoms with Crippen molar-refractivity contribution in [2.24, 2.45) is 0 Å². The van der Waals surface area contributed by atoms with Crippen LogP contribution in [0.4, 0.5) is 8.78 Å². The molecule has 0 fully saturated rings. The zero-order chi connectivity index (χ0) is 18.3. The van der Waals surface area contributed by atoms with Crippen molar-refractivity contribution in [1.82, 2.24) is 14.5 Å². The first-order valence-electron chi connectivity index (χ1n) is 7.87. The van der Waals surface area contributed by atoms with Gasteiger partial charge in [0.05, 0.1) is 16.0 Å². The highest BCUT2D eigenvalue weighted by molar-refractivity contribution is 7.71. The summed E-state index contributed by atoms with van der Waals surface area (Å²) in [5.74, 6) is 0. The van der Waals surface area contributed by atoms with Crippen molar-refractivity contribution in [3.05, 3.63) is 43.8 Å². The van der Waals surface area contributed by atoms with E-state index in [0.29, 0.717) is 5.69 Å². The number of hydrogen-bond acceptors (Lipinski definition) is 4. The lowest BCUT2D eigenvalue weighted by Gasteiger charge is -2.18. The van der Waals surface area contributed by atoms with E-state index in [9.17, 15) is 13.6 Å². The van der Waals surface area contributed by atoms with Gasteiger partial charge in [0.15, 0.2) is 4.77 Å². The molecule has 3 rings (SSSR count). The van der Waals surface area contributed by atoms with Crippen LogP contribution in [0, 0.1) is 11.7 Å². The highest BCUT2D eigenvalue weighted by Crippen LogP contribution is 2.33. The van der Waals surface area contributed by atoms with Gasteiger partial charge < -0.3 is 0 Å². The summed E-state index contributed by atoms with van der Waals surface area (Å²) in [6.45, 7) is 5.82. The van der Waals surface area contributed by atoms with Crippen molar-refractivity contribution >= 4 is 34.6 Å². The molecule has 1 N–H and O–H groups in total. The number of aromatic amines is 1. The number of H-pyrrole nitrogens is 1. The predicted molar refractivity (Wildman–Crippen MR) is 99.2 cm³/mol. The number of nitrogens with one attached hydrogen (secondary N) is 1. The van der Waals surface area contributed by atoms with Crippen molar-refractivity contribution < 1.29 is 8.78 Å². The first-order chi connectivity index (χ1) is 11.8. The maximum absolute atomic E-state index is 13.7. The van der Waals surface area contributed by atoms with E-state index in [1.165, 1.54) is 17.4 Å². The molecule has 0 spiro atoms. The molecule has 0 aliphatic carbocycles. The van der Waals surface area contributed by atoms with Gasteiger partial charge in [-0.1, -0.05) is 6.92 Å². The summed E-state index contributed by atoms with van der Waals surface area (Å²) in [4.78, 5) is 21.2. The number of nitrogens with zero attached hydrogens (tertiary/aromatic N) is 2. The highest BCUT2D eigenvalue weighted by Gasteiger charge is 2.21. The SMILES string of the molecule is CCC(C)n1c(=S)[nH]c(=O)c2c(C(F)F)cc(-c3ccc(C)s3)nc21. The second kappa shape index (κ2) is 6.76. The van der Waals surface area contributed by atoms with Gasteiger partial charge in [-0.05, 0) is 50.7 Å². The van der Waals surface area contributed by atoms with Crippen LogP contribution in [0.2, 0.25) is 0 Å². The van der Waals surface area contributed by atoms with Gasteiger partial charge in [-0.3, -0.25) is 14.3 Å². The normalized spacial score (nSPS) is 12.9. The zero-order valence-corrected chi connectivity index (χ0v) is 15.6. The molecule has 4 nitrogen and oxygen atoms in total. The van der Waals surface area contributed by atoms with Crippen molar-refractivity contribution in [3.63, 3.8) is 0 Å². The molecule has 0 saturated heterocycles. The lowest BCUT2D eigenvalue weighted by Crippen LogP contribution is -2.19. The van der Waals surface area contributed by atoms with Gasteiger partial charge in [-0.2, -0.15) is 0 Å². The fourth-order valence-corrected chi connectivity index (χ4v) is 3.92. The van der Waals surface area contributed by atoms with Crippen molar-refractivity contribution in [1.29, 1.82) is 0 Å². The number of aryl methyl sites for hydroxylation is 1. The summed E-state index contributed by atoms with van der Waals surface area (Å²) in [6.07, 6.45) is -2.06. The smallest absolute Gasteiger partial charge is 0.264 e. The number of alkyl halides is 2. The Morgan fingerprint density at radius 1 is 1.40 bits per heavy atom. The number of aromatic nitrogens is 3. The number of rotatable bonds is 4. The van der Waals surface area contributed by atoms with Crippen LogP contribution < -0.4 is 5.56 Å². The van der Waals surface area contributed by atoms with Crippen LogP contribution in [0.25, 0.3) is 21.6 Å². The van der Waals surface area contributed by atoms with Crippen molar-refractivity contribution in [2.45, 2.75) is 39.7 Å². The molecule has 0 aliphatic heterocycles. The Bertz CT molecular complexity index is 1050. The number of fused-ring (bicyclic) bond motifs is 1. The van der Waals surface area contributed by atoms with Crippen LogP contribution in [-0.4, -0.2) is 14.5 Å². The molecule has 0 bridgehead atoms. The summed E-state index contributed by atoms with van der Waals surface area (Å²) in [7, 11) is 0. The minimum absolute atomic E-state index is 0.0785. The molecule has 1 atom stereocenters. The molecule has 3 heterocycles. The summed E-state index contributed by atoms with van der Waals surface area (Å²) in [6, 6.07) is 4.98. The molecule has 0 saturated carbocycles. The average molecular weight is 381 g/mol. The average Bonchev–Trinajstić information content (AvgIpc) is 2.99. The van der Waals surface area contributed by atoms with Crippen LogP contribution >= 0.6 is 23.6 Å². The van der Waals surface area contributed by atoms with Gasteiger partial charge in [-0.15, -0.1) is 11.3 Å². The summed E-state index contributed by atoms with van der Waals surface area (Å²) in [5.41, 5.74) is -0.310. The Balaban J connectivity index is 2.47. The number of pyridine rings is 1. The Morgan fingerprint density at radius 3 is 2.68 bits per heavy atom. The summed E-state index contributed by atoms with van der Waals surface area (Å²) >= 11 is 6.73. The first-order valence-corrected chi connectivity index (χ1v) is 9.10. The maximum Gasteiger partial charge on any atom is 0.264 e. The highest BCUT2D eigenvalue weighted by atomic mass is 32.1. The zero-order valence-electron chi connectivity index (χ0n) is 14.0. The molecule has 0 aliphatic rings. The lowest BCUT2D eigenvalue weighted by atomic mass is 10.1. The molecule has 0 amide bonds. The van der Waals surface area contributed by atoms with Crippen molar-refractivity contribution in [3.8, 4) is 10.6 Å². The van der Waals surface area contributed by atoms with E-state index < -0.39 is 12.0 Å².